The molecule has 1 amide bonds. The fraction of sp³-hybridized carbons (Fsp3) is 0.500. The Kier molecular flexibility index (Phi) is 6.04. The quantitative estimate of drug-likeness (QED) is 0.611. The zero-order valence-corrected chi connectivity index (χ0v) is 16.2. The molecule has 148 valence electrons. The third-order valence-electron chi connectivity index (χ3n) is 3.67. The van der Waals surface area contributed by atoms with Gasteiger partial charge in [-0.05, 0) is 32.9 Å². The normalized spacial score (nSPS) is 15.2. The lowest BCUT2D eigenvalue weighted by atomic mass is 10.1. The van der Waals surface area contributed by atoms with Crippen LogP contribution in [0, 0.1) is 10.1 Å². The van der Waals surface area contributed by atoms with Gasteiger partial charge >= 0.3 is 6.09 Å². The van der Waals surface area contributed by atoms with Crippen LogP contribution in [-0.2, 0) is 14.8 Å². The highest BCUT2D eigenvalue weighted by Crippen LogP contribution is 2.17. The van der Waals surface area contributed by atoms with Gasteiger partial charge < -0.3 is 9.64 Å². The molecule has 1 aromatic carbocycles. The maximum atomic E-state index is 12.2. The molecule has 0 aromatic heterocycles. The van der Waals surface area contributed by atoms with Gasteiger partial charge in [0, 0.05) is 43.8 Å². The molecule has 0 saturated carbocycles. The van der Waals surface area contributed by atoms with Crippen LogP contribution in [0.1, 0.15) is 33.6 Å². The summed E-state index contributed by atoms with van der Waals surface area (Å²) in [5.74, 6) is 0. The SMILES string of the molecule is CC(C)(C)OC(=O)N1CCC(=NNS(=O)(=O)c2ccc([N+](=O)[O-])cc2)CC1. The fourth-order valence-corrected chi connectivity index (χ4v) is 3.16. The molecule has 0 spiro atoms. The molecule has 1 aromatic rings. The second kappa shape index (κ2) is 7.91. The summed E-state index contributed by atoms with van der Waals surface area (Å²) in [6.07, 6.45) is 0.428. The molecule has 27 heavy (non-hydrogen) atoms. The van der Waals surface area contributed by atoms with Gasteiger partial charge in [0.25, 0.3) is 15.7 Å². The van der Waals surface area contributed by atoms with Crippen molar-refractivity contribution in [3.63, 3.8) is 0 Å². The molecule has 0 atom stereocenters. The van der Waals surface area contributed by atoms with E-state index in [0.717, 1.165) is 24.3 Å². The molecule has 2 rings (SSSR count). The highest BCUT2D eigenvalue weighted by molar-refractivity contribution is 7.89. The van der Waals surface area contributed by atoms with Crippen LogP contribution in [-0.4, -0.2) is 48.7 Å². The molecule has 0 aliphatic carbocycles. The first-order valence-corrected chi connectivity index (χ1v) is 9.76. The highest BCUT2D eigenvalue weighted by atomic mass is 32.2. The van der Waals surface area contributed by atoms with Crippen molar-refractivity contribution in [3.8, 4) is 0 Å². The Hall–Kier alpha value is -2.69. The number of rotatable bonds is 4. The standard InChI is InChI=1S/C16H22N4O6S/c1-16(2,3)26-15(21)19-10-8-12(9-11-19)17-18-27(24,25)14-6-4-13(5-7-14)20(22)23/h4-7,18H,8-11H2,1-3H3. The predicted octanol–water partition coefficient (Wildman–Crippen LogP) is 2.26. The molecule has 1 heterocycles. The first-order chi connectivity index (χ1) is 12.5. The minimum atomic E-state index is -3.92. The highest BCUT2D eigenvalue weighted by Gasteiger charge is 2.25. The number of hydrogen-bond acceptors (Lipinski definition) is 7. The summed E-state index contributed by atoms with van der Waals surface area (Å²) in [4.78, 5) is 25.6. The van der Waals surface area contributed by atoms with Crippen LogP contribution >= 0.6 is 0 Å². The van der Waals surface area contributed by atoms with Gasteiger partial charge in [-0.1, -0.05) is 0 Å². The van der Waals surface area contributed by atoms with E-state index in [1.807, 2.05) is 0 Å². The van der Waals surface area contributed by atoms with Gasteiger partial charge in [-0.3, -0.25) is 10.1 Å². The maximum absolute atomic E-state index is 12.2. The number of carbonyl (C=O) groups is 1. The fourth-order valence-electron chi connectivity index (χ4n) is 2.31. The first kappa shape index (κ1) is 20.6. The number of sulfonamides is 1. The number of piperidine rings is 1. The van der Waals surface area contributed by atoms with E-state index in [4.69, 9.17) is 4.74 Å². The second-order valence-electron chi connectivity index (χ2n) is 6.99. The van der Waals surface area contributed by atoms with Crippen molar-refractivity contribution in [2.75, 3.05) is 13.1 Å². The molecule has 1 N–H and O–H groups in total. The minimum Gasteiger partial charge on any atom is -0.444 e. The van der Waals surface area contributed by atoms with Crippen LogP contribution in [0.3, 0.4) is 0 Å². The van der Waals surface area contributed by atoms with Crippen LogP contribution < -0.4 is 4.83 Å². The van der Waals surface area contributed by atoms with Crippen LogP contribution in [0.5, 0.6) is 0 Å². The number of hydrazone groups is 1. The number of carbonyl (C=O) groups excluding carboxylic acids is 1. The number of ether oxygens (including phenoxy) is 1. The largest absolute Gasteiger partial charge is 0.444 e. The van der Waals surface area contributed by atoms with Gasteiger partial charge in [0.2, 0.25) is 0 Å². The average molecular weight is 398 g/mol. The van der Waals surface area contributed by atoms with Crippen LogP contribution in [0.15, 0.2) is 34.3 Å². The summed E-state index contributed by atoms with van der Waals surface area (Å²) in [7, 11) is -3.92. The van der Waals surface area contributed by atoms with Crippen molar-refractivity contribution in [2.45, 2.75) is 44.1 Å². The molecule has 11 heteroatoms. The maximum Gasteiger partial charge on any atom is 0.410 e. The molecule has 1 fully saturated rings. The molecule has 1 aliphatic rings. The van der Waals surface area contributed by atoms with Gasteiger partial charge in [0.15, 0.2) is 0 Å². The average Bonchev–Trinajstić information content (AvgIpc) is 2.59. The lowest BCUT2D eigenvalue weighted by Gasteiger charge is -2.30. The van der Waals surface area contributed by atoms with Gasteiger partial charge in [0.05, 0.1) is 9.82 Å². The van der Waals surface area contributed by atoms with E-state index in [0.29, 0.717) is 31.6 Å². The number of non-ortho nitro benzene ring substituents is 1. The molecule has 10 nitrogen and oxygen atoms in total. The molecule has 0 radical (unpaired) electrons. The van der Waals surface area contributed by atoms with Crippen molar-refractivity contribution in [1.82, 2.24) is 9.73 Å². The molecule has 1 aliphatic heterocycles. The summed E-state index contributed by atoms with van der Waals surface area (Å²) in [5.41, 5.74) is -0.165. The third kappa shape index (κ3) is 5.91. The minimum absolute atomic E-state index is 0.122. The van der Waals surface area contributed by atoms with Gasteiger partial charge in [0.1, 0.15) is 5.60 Å². The molecule has 0 bridgehead atoms. The summed E-state index contributed by atoms with van der Waals surface area (Å²) in [6, 6.07) is 4.51. The predicted molar refractivity (Wildman–Crippen MR) is 97.9 cm³/mol. The van der Waals surface area contributed by atoms with E-state index in [1.54, 1.807) is 25.7 Å². The van der Waals surface area contributed by atoms with Crippen molar-refractivity contribution < 1.29 is 22.9 Å². The van der Waals surface area contributed by atoms with Gasteiger partial charge in [-0.25, -0.2) is 9.63 Å². The number of benzene rings is 1. The van der Waals surface area contributed by atoms with E-state index in [9.17, 15) is 23.3 Å². The Labute approximate surface area is 157 Å². The Morgan fingerprint density at radius 1 is 1.22 bits per heavy atom. The van der Waals surface area contributed by atoms with Crippen molar-refractivity contribution in [1.29, 1.82) is 0 Å². The summed E-state index contributed by atoms with van der Waals surface area (Å²) in [6.45, 7) is 6.12. The molecule has 1 saturated heterocycles. The zero-order valence-electron chi connectivity index (χ0n) is 15.3. The second-order valence-corrected chi connectivity index (χ2v) is 8.65. The first-order valence-electron chi connectivity index (χ1n) is 8.27. The van der Waals surface area contributed by atoms with Crippen molar-refractivity contribution in [3.05, 3.63) is 34.4 Å². The number of hydrogen-bond donors (Lipinski definition) is 1. The number of nitrogens with one attached hydrogen (secondary N) is 1. The Bertz CT molecular complexity index is 833. The third-order valence-corrected chi connectivity index (χ3v) is 4.90. The van der Waals surface area contributed by atoms with Crippen LogP contribution in [0.4, 0.5) is 10.5 Å². The molecular formula is C16H22N4O6S. The van der Waals surface area contributed by atoms with Gasteiger partial charge in [-0.15, -0.1) is 0 Å². The van der Waals surface area contributed by atoms with E-state index in [2.05, 4.69) is 9.93 Å². The monoisotopic (exact) mass is 398 g/mol. The lowest BCUT2D eigenvalue weighted by molar-refractivity contribution is -0.384. The van der Waals surface area contributed by atoms with Crippen LogP contribution in [0.25, 0.3) is 0 Å². The molecular weight excluding hydrogens is 376 g/mol. The number of nitro groups is 1. The van der Waals surface area contributed by atoms with E-state index in [-0.39, 0.29) is 10.6 Å². The number of amides is 1. The Balaban J connectivity index is 1.94. The zero-order chi connectivity index (χ0) is 20.2. The van der Waals surface area contributed by atoms with Crippen molar-refractivity contribution in [2.24, 2.45) is 5.10 Å². The lowest BCUT2D eigenvalue weighted by Crippen LogP contribution is -2.42. The smallest absolute Gasteiger partial charge is 0.410 e. The molecule has 0 unspecified atom stereocenters. The van der Waals surface area contributed by atoms with Crippen LogP contribution in [0.2, 0.25) is 0 Å². The Morgan fingerprint density at radius 2 is 1.78 bits per heavy atom. The summed E-state index contributed by atoms with van der Waals surface area (Å²) < 4.78 is 29.7. The number of likely N-dealkylation sites (tertiary alicyclic amines) is 1. The number of nitrogens with zero attached hydrogens (tertiary/aromatic N) is 3. The van der Waals surface area contributed by atoms with E-state index >= 15 is 0 Å². The van der Waals surface area contributed by atoms with E-state index in [1.165, 1.54) is 0 Å². The summed E-state index contributed by atoms with van der Waals surface area (Å²) >= 11 is 0. The number of nitro benzene ring substituents is 1. The van der Waals surface area contributed by atoms with E-state index < -0.39 is 26.6 Å². The summed E-state index contributed by atoms with van der Waals surface area (Å²) in [5, 5.41) is 14.6. The topological polar surface area (TPSA) is 131 Å². The van der Waals surface area contributed by atoms with Gasteiger partial charge in [-0.2, -0.15) is 13.5 Å². The Morgan fingerprint density at radius 3 is 2.26 bits per heavy atom. The van der Waals surface area contributed by atoms with Crippen molar-refractivity contribution >= 4 is 27.5 Å².